The van der Waals surface area contributed by atoms with Crippen molar-refractivity contribution in [1.29, 1.82) is 0 Å². The van der Waals surface area contributed by atoms with Gasteiger partial charge >= 0.3 is 5.97 Å². The van der Waals surface area contributed by atoms with E-state index in [2.05, 4.69) is 23.8 Å². The number of thioether (sulfide) groups is 1. The minimum atomic E-state index is -0.865. The number of fused-ring (bicyclic) bond motifs is 8. The number of carbonyl (C=O) groups is 1. The van der Waals surface area contributed by atoms with Gasteiger partial charge < -0.3 is 9.72 Å². The Morgan fingerprint density at radius 2 is 1.96 bits per heavy atom. The van der Waals surface area contributed by atoms with E-state index in [9.17, 15) is 4.79 Å². The van der Waals surface area contributed by atoms with Crippen LogP contribution in [-0.2, 0) is 34.8 Å². The van der Waals surface area contributed by atoms with Crippen LogP contribution in [0.15, 0.2) is 64.6 Å². The number of benzene rings is 2. The molecule has 0 amide bonds. The van der Waals surface area contributed by atoms with Crippen LogP contribution in [0.2, 0.25) is 0 Å². The van der Waals surface area contributed by atoms with Gasteiger partial charge in [-0.15, -0.1) is 0 Å². The third-order valence-electron chi connectivity index (χ3n) is 9.63. The molecule has 0 radical (unpaired) electrons. The lowest BCUT2D eigenvalue weighted by molar-refractivity contribution is -0.144. The molecule has 5 aromatic rings. The molecule has 1 N–H and O–H groups in total. The van der Waals surface area contributed by atoms with E-state index in [1.807, 2.05) is 62.3 Å². The lowest BCUT2D eigenvalue weighted by atomic mass is 9.74. The second-order valence-corrected chi connectivity index (χ2v) is 16.2. The van der Waals surface area contributed by atoms with Crippen LogP contribution in [0.1, 0.15) is 69.5 Å². The van der Waals surface area contributed by atoms with Crippen molar-refractivity contribution in [1.82, 2.24) is 24.7 Å². The highest BCUT2D eigenvalue weighted by molar-refractivity contribution is 7.99. The van der Waals surface area contributed by atoms with Crippen LogP contribution < -0.4 is 0 Å². The average Bonchev–Trinajstić information content (AvgIpc) is 3.71. The summed E-state index contributed by atoms with van der Waals surface area (Å²) in [5, 5.41) is 5.93. The molecule has 7 nitrogen and oxygen atoms in total. The largest absolute Gasteiger partial charge is 0.469 e. The monoisotopic (exact) mass is 703 g/mol. The molecule has 3 aromatic heterocycles. The van der Waals surface area contributed by atoms with Gasteiger partial charge in [-0.3, -0.25) is 9.78 Å². The Hall–Kier alpha value is -3.70. The number of carbonyl (C=O) groups excluding carboxylic acids is 1. The first-order valence-corrected chi connectivity index (χ1v) is 18.6. The number of nitrogens with one attached hydrogen (secondary N) is 1. The zero-order chi connectivity index (χ0) is 34.9. The van der Waals surface area contributed by atoms with Crippen molar-refractivity contribution in [2.75, 3.05) is 18.6 Å². The predicted molar refractivity (Wildman–Crippen MR) is 193 cm³/mol. The molecular formula is C38H43F2N5O2S2. The summed E-state index contributed by atoms with van der Waals surface area (Å²) in [7, 11) is 3.17. The number of nitrogens with zero attached hydrogens (tertiary/aromatic N) is 4. The number of hydrogen-bond donors (Lipinski definition) is 1. The van der Waals surface area contributed by atoms with Crippen molar-refractivity contribution < 1.29 is 18.3 Å². The van der Waals surface area contributed by atoms with E-state index < -0.39 is 11.3 Å². The molecule has 0 saturated heterocycles. The first-order chi connectivity index (χ1) is 23.4. The summed E-state index contributed by atoms with van der Waals surface area (Å²) < 4.78 is 38.9. The van der Waals surface area contributed by atoms with Crippen molar-refractivity contribution in [3.8, 4) is 11.5 Å². The molecule has 1 aliphatic heterocycles. The minimum absolute atomic E-state index is 0.0142. The molecule has 4 heterocycles. The first kappa shape index (κ1) is 35.1. The normalized spacial score (nSPS) is 19.1. The van der Waals surface area contributed by atoms with E-state index in [1.54, 1.807) is 29.9 Å². The van der Waals surface area contributed by atoms with Gasteiger partial charge in [-0.1, -0.05) is 57.2 Å². The molecule has 0 saturated carbocycles. The first-order valence-electron chi connectivity index (χ1n) is 16.7. The van der Waals surface area contributed by atoms with Gasteiger partial charge in [0.15, 0.2) is 11.6 Å². The van der Waals surface area contributed by atoms with Crippen LogP contribution in [0.5, 0.6) is 0 Å². The quantitative estimate of drug-likeness (QED) is 0.187. The maximum atomic E-state index is 16.5. The number of hydrogen-bond acceptors (Lipinski definition) is 7. The fraction of sp³-hybridized carbons (Fsp3) is 0.421. The van der Waals surface area contributed by atoms with Gasteiger partial charge in [-0.25, -0.2) is 18.4 Å². The average molecular weight is 704 g/mol. The molecule has 0 spiro atoms. The number of H-pyrrole nitrogens is 1. The lowest BCUT2D eigenvalue weighted by Gasteiger charge is -2.31. The molecule has 2 aromatic carbocycles. The predicted octanol–water partition coefficient (Wildman–Crippen LogP) is 8.93. The SMILES string of the molecule is COC(=O)C(C)Cc1cccc([C@@]2(C)CCCC(C)(C)CSCCc3c(c(F)cc4[nH]ccc34)Sc3ccnc(c3)-c3nc2nn3C)c1F. The van der Waals surface area contributed by atoms with Crippen LogP contribution in [0.4, 0.5) is 8.78 Å². The third kappa shape index (κ3) is 7.29. The zero-order valence-electron chi connectivity index (χ0n) is 28.9. The molecule has 258 valence electrons. The Morgan fingerprint density at radius 3 is 2.76 bits per heavy atom. The molecular weight excluding hydrogens is 661 g/mol. The zero-order valence-corrected chi connectivity index (χ0v) is 30.5. The van der Waals surface area contributed by atoms with Crippen molar-refractivity contribution >= 4 is 40.4 Å². The number of aryl methyl sites for hydroxylation is 2. The molecule has 0 aliphatic carbocycles. The van der Waals surface area contributed by atoms with Crippen LogP contribution in [0, 0.1) is 23.0 Å². The summed E-state index contributed by atoms with van der Waals surface area (Å²) in [6.45, 7) is 8.30. The maximum absolute atomic E-state index is 16.5. The van der Waals surface area contributed by atoms with E-state index in [0.717, 1.165) is 52.1 Å². The Labute approximate surface area is 295 Å². The number of aromatic amines is 1. The Morgan fingerprint density at radius 1 is 1.14 bits per heavy atom. The standard InChI is InChI=1S/C38H43F2N5O2S2/c1-23(35(46)47-6)19-24-9-7-10-28(32(24)40)38(4)15-8-14-37(2,3)22-48-18-13-27-26-12-17-41-30(26)21-29(39)33(27)49-25-11-16-42-31(20-25)34-43-36(38)44-45(34)5/h7,9-12,16-17,20-21,23,41H,8,13-15,18-19,22H2,1-6H3/t23?,38-/m1/s1. The van der Waals surface area contributed by atoms with Gasteiger partial charge in [0.2, 0.25) is 0 Å². The van der Waals surface area contributed by atoms with Gasteiger partial charge in [-0.2, -0.15) is 16.9 Å². The van der Waals surface area contributed by atoms with Crippen molar-refractivity contribution in [2.24, 2.45) is 18.4 Å². The van der Waals surface area contributed by atoms with Crippen LogP contribution in [-0.4, -0.2) is 49.3 Å². The molecule has 1 aliphatic rings. The third-order valence-corrected chi connectivity index (χ3v) is 12.2. The van der Waals surface area contributed by atoms with Gasteiger partial charge in [-0.05, 0) is 84.9 Å². The minimum Gasteiger partial charge on any atom is -0.469 e. The van der Waals surface area contributed by atoms with E-state index in [-0.39, 0.29) is 29.4 Å². The summed E-state index contributed by atoms with van der Waals surface area (Å²) in [5.41, 5.74) is 2.51. The number of pyridine rings is 1. The lowest BCUT2D eigenvalue weighted by Crippen LogP contribution is -2.29. The van der Waals surface area contributed by atoms with Crippen molar-refractivity contribution in [2.45, 2.75) is 75.0 Å². The van der Waals surface area contributed by atoms with E-state index in [1.165, 1.54) is 18.9 Å². The Kier molecular flexibility index (Phi) is 10.2. The number of esters is 1. The highest BCUT2D eigenvalue weighted by atomic mass is 32.2. The summed E-state index contributed by atoms with van der Waals surface area (Å²) in [4.78, 5) is 26.5. The van der Waals surface area contributed by atoms with Crippen LogP contribution in [0.25, 0.3) is 22.4 Å². The molecule has 49 heavy (non-hydrogen) atoms. The summed E-state index contributed by atoms with van der Waals surface area (Å²) in [6, 6.07) is 12.8. The van der Waals surface area contributed by atoms with E-state index >= 15 is 8.78 Å². The Balaban J connectivity index is 1.45. The summed E-state index contributed by atoms with van der Waals surface area (Å²) in [6.07, 6.45) is 6.90. The van der Waals surface area contributed by atoms with Crippen LogP contribution >= 0.6 is 23.5 Å². The van der Waals surface area contributed by atoms with E-state index in [0.29, 0.717) is 39.8 Å². The highest BCUT2D eigenvalue weighted by Crippen LogP contribution is 2.42. The van der Waals surface area contributed by atoms with Gasteiger partial charge in [0.05, 0.1) is 23.3 Å². The highest BCUT2D eigenvalue weighted by Gasteiger charge is 2.38. The van der Waals surface area contributed by atoms with Gasteiger partial charge in [0.25, 0.3) is 0 Å². The summed E-state index contributed by atoms with van der Waals surface area (Å²) in [5.74, 6) is 1.38. The number of methoxy groups -OCH3 is 1. The fourth-order valence-electron chi connectivity index (χ4n) is 6.80. The van der Waals surface area contributed by atoms with E-state index in [4.69, 9.17) is 14.8 Å². The molecule has 0 fully saturated rings. The maximum Gasteiger partial charge on any atom is 0.308 e. The number of ether oxygens (including phenoxy) is 1. The second kappa shape index (κ2) is 14.3. The molecule has 1 unspecified atom stereocenters. The van der Waals surface area contributed by atoms with Crippen LogP contribution in [0.3, 0.4) is 0 Å². The number of aromatic nitrogens is 5. The van der Waals surface area contributed by atoms with Gasteiger partial charge in [0.1, 0.15) is 17.3 Å². The Bertz CT molecular complexity index is 1990. The fourth-order valence-corrected chi connectivity index (χ4v) is 9.01. The van der Waals surface area contributed by atoms with Crippen molar-refractivity contribution in [3.05, 3.63) is 89.0 Å². The number of halogens is 2. The molecule has 11 heteroatoms. The topological polar surface area (TPSA) is 85.7 Å². The van der Waals surface area contributed by atoms with Gasteiger partial charge in [0, 0.05) is 40.8 Å². The molecule has 4 bridgehead atoms. The summed E-state index contributed by atoms with van der Waals surface area (Å²) >= 11 is 3.28. The second-order valence-electron chi connectivity index (χ2n) is 14.0. The van der Waals surface area contributed by atoms with Crippen molar-refractivity contribution in [3.63, 3.8) is 0 Å². The molecule has 2 atom stereocenters. The smallest absolute Gasteiger partial charge is 0.308 e. The molecule has 6 rings (SSSR count). The number of rotatable bonds is 4.